The SMILES string of the molecule is O=C1C2=CC=CC=C(C2)C(=O)C2=Cc3cocc3C=C1S2. The lowest BCUT2D eigenvalue weighted by atomic mass is 9.98. The van der Waals surface area contributed by atoms with Crippen molar-refractivity contribution in [2.75, 3.05) is 0 Å². The molecule has 4 bridgehead atoms. The monoisotopic (exact) mass is 294 g/mol. The van der Waals surface area contributed by atoms with Crippen molar-refractivity contribution in [3.63, 3.8) is 0 Å². The van der Waals surface area contributed by atoms with Gasteiger partial charge in [-0.15, -0.1) is 0 Å². The van der Waals surface area contributed by atoms with E-state index in [4.69, 9.17) is 4.42 Å². The number of hydrogen-bond acceptors (Lipinski definition) is 4. The summed E-state index contributed by atoms with van der Waals surface area (Å²) >= 11 is 1.24. The minimum Gasteiger partial charge on any atom is -0.471 e. The average molecular weight is 294 g/mol. The van der Waals surface area contributed by atoms with Gasteiger partial charge in [0.2, 0.25) is 0 Å². The van der Waals surface area contributed by atoms with Crippen LogP contribution in [0.25, 0.3) is 12.2 Å². The zero-order valence-corrected chi connectivity index (χ0v) is 11.8. The molecule has 4 rings (SSSR count). The number of hydrogen-bond donors (Lipinski definition) is 0. The molecule has 3 heterocycles. The van der Waals surface area contributed by atoms with Gasteiger partial charge in [0, 0.05) is 28.7 Å². The Morgan fingerprint density at radius 1 is 0.857 bits per heavy atom. The van der Waals surface area contributed by atoms with Gasteiger partial charge >= 0.3 is 0 Å². The van der Waals surface area contributed by atoms with Crippen LogP contribution in [0, 0.1) is 0 Å². The minimum absolute atomic E-state index is 0.0232. The van der Waals surface area contributed by atoms with E-state index in [1.54, 1.807) is 49.0 Å². The number of Topliss-reactive ketones (excluding diaryl/α,β-unsaturated/α-hetero) is 2. The summed E-state index contributed by atoms with van der Waals surface area (Å²) in [4.78, 5) is 26.5. The molecule has 0 unspecified atom stereocenters. The lowest BCUT2D eigenvalue weighted by Gasteiger charge is -2.16. The van der Waals surface area contributed by atoms with Crippen LogP contribution in [0.15, 0.2) is 62.2 Å². The Morgan fingerprint density at radius 3 is 1.90 bits per heavy atom. The van der Waals surface area contributed by atoms with Crippen molar-refractivity contribution >= 4 is 35.5 Å². The molecule has 0 atom stereocenters. The molecule has 3 aliphatic rings. The van der Waals surface area contributed by atoms with E-state index in [-0.39, 0.29) is 11.6 Å². The molecule has 4 heteroatoms. The maximum absolute atomic E-state index is 12.7. The molecule has 1 aromatic heterocycles. The fourth-order valence-corrected chi connectivity index (χ4v) is 3.59. The van der Waals surface area contributed by atoms with E-state index < -0.39 is 0 Å². The second kappa shape index (κ2) is 4.60. The van der Waals surface area contributed by atoms with Crippen molar-refractivity contribution in [2.45, 2.75) is 6.42 Å². The van der Waals surface area contributed by atoms with Gasteiger partial charge in [-0.05, 0) is 12.2 Å². The zero-order chi connectivity index (χ0) is 14.4. The summed E-state index contributed by atoms with van der Waals surface area (Å²) in [6, 6.07) is 0. The molecule has 0 radical (unpaired) electrons. The normalized spacial score (nSPS) is 20.2. The van der Waals surface area contributed by atoms with Crippen molar-refractivity contribution in [1.29, 1.82) is 0 Å². The van der Waals surface area contributed by atoms with Gasteiger partial charge in [0.1, 0.15) is 0 Å². The summed E-state index contributed by atoms with van der Waals surface area (Å²) in [5.41, 5.74) is 2.95. The van der Waals surface area contributed by atoms with Gasteiger partial charge in [-0.2, -0.15) is 0 Å². The largest absolute Gasteiger partial charge is 0.471 e. The first-order chi connectivity index (χ1) is 10.2. The Balaban J connectivity index is 1.99. The van der Waals surface area contributed by atoms with Crippen molar-refractivity contribution in [3.05, 3.63) is 68.9 Å². The van der Waals surface area contributed by atoms with Crippen LogP contribution in [0.5, 0.6) is 0 Å². The highest BCUT2D eigenvalue weighted by molar-refractivity contribution is 8.08. The molecular formula is C17H10O3S. The van der Waals surface area contributed by atoms with Gasteiger partial charge in [-0.25, -0.2) is 0 Å². The lowest BCUT2D eigenvalue weighted by molar-refractivity contribution is -0.112. The molecule has 3 nitrogen and oxygen atoms in total. The van der Waals surface area contributed by atoms with Crippen LogP contribution < -0.4 is 0 Å². The molecule has 0 spiro atoms. The van der Waals surface area contributed by atoms with E-state index in [9.17, 15) is 9.59 Å². The first-order valence-corrected chi connectivity index (χ1v) is 7.37. The number of carbonyl (C=O) groups excluding carboxylic acids is 2. The number of fused-ring (bicyclic) bond motifs is 5. The molecular weight excluding hydrogens is 284 g/mol. The van der Waals surface area contributed by atoms with Crippen LogP contribution in [-0.2, 0) is 9.59 Å². The van der Waals surface area contributed by atoms with Crippen molar-refractivity contribution in [3.8, 4) is 0 Å². The van der Waals surface area contributed by atoms with Crippen molar-refractivity contribution in [1.82, 2.24) is 0 Å². The van der Waals surface area contributed by atoms with Gasteiger partial charge in [0.15, 0.2) is 11.6 Å². The molecule has 0 amide bonds. The third-order valence-corrected chi connectivity index (χ3v) is 4.68. The second-order valence-corrected chi connectivity index (χ2v) is 6.09. The number of carbonyl (C=O) groups is 2. The summed E-state index contributed by atoms with van der Waals surface area (Å²) in [5, 5.41) is 0. The van der Waals surface area contributed by atoms with Crippen LogP contribution in [0.3, 0.4) is 0 Å². The molecule has 21 heavy (non-hydrogen) atoms. The molecule has 1 fully saturated rings. The third-order valence-electron chi connectivity index (χ3n) is 3.63. The van der Waals surface area contributed by atoms with Gasteiger partial charge in [-0.3, -0.25) is 9.59 Å². The number of allylic oxidation sites excluding steroid dienone is 8. The van der Waals surface area contributed by atoms with E-state index in [1.807, 2.05) is 0 Å². The van der Waals surface area contributed by atoms with Crippen molar-refractivity contribution in [2.24, 2.45) is 0 Å². The van der Waals surface area contributed by atoms with E-state index in [1.165, 1.54) is 11.8 Å². The molecule has 1 aromatic rings. The summed E-state index contributed by atoms with van der Waals surface area (Å²) in [6.45, 7) is 0. The number of rotatable bonds is 0. The molecule has 102 valence electrons. The van der Waals surface area contributed by atoms with Gasteiger partial charge in [-0.1, -0.05) is 36.1 Å². The highest BCUT2D eigenvalue weighted by Crippen LogP contribution is 2.41. The molecule has 0 saturated carbocycles. The van der Waals surface area contributed by atoms with E-state index in [0.717, 1.165) is 11.1 Å². The average Bonchev–Trinajstić information content (AvgIpc) is 2.70. The van der Waals surface area contributed by atoms with Crippen LogP contribution >= 0.6 is 11.8 Å². The maximum atomic E-state index is 12.7. The Bertz CT molecular complexity index is 763. The third kappa shape index (κ3) is 1.99. The minimum atomic E-state index is -0.0232. The summed E-state index contributed by atoms with van der Waals surface area (Å²) in [7, 11) is 0. The first-order valence-electron chi connectivity index (χ1n) is 6.55. The molecule has 2 aliphatic heterocycles. The van der Waals surface area contributed by atoms with Crippen molar-refractivity contribution < 1.29 is 14.0 Å². The van der Waals surface area contributed by atoms with Crippen LogP contribution in [0.1, 0.15) is 17.5 Å². The van der Waals surface area contributed by atoms with Gasteiger partial charge < -0.3 is 4.42 Å². The quantitative estimate of drug-likeness (QED) is 0.732. The summed E-state index contributed by atoms with van der Waals surface area (Å²) in [6.07, 6.45) is 14.4. The molecule has 1 aliphatic carbocycles. The smallest absolute Gasteiger partial charge is 0.196 e. The summed E-state index contributed by atoms with van der Waals surface area (Å²) < 4.78 is 5.19. The van der Waals surface area contributed by atoms with E-state index >= 15 is 0 Å². The van der Waals surface area contributed by atoms with E-state index in [2.05, 4.69) is 0 Å². The predicted molar refractivity (Wildman–Crippen MR) is 82.2 cm³/mol. The Labute approximate surface area is 125 Å². The molecule has 0 N–H and O–H groups in total. The molecule has 0 aromatic carbocycles. The first kappa shape index (κ1) is 12.4. The molecule has 1 saturated heterocycles. The Kier molecular flexibility index (Phi) is 2.72. The van der Waals surface area contributed by atoms with Gasteiger partial charge in [0.05, 0.1) is 22.3 Å². The van der Waals surface area contributed by atoms with Gasteiger partial charge in [0.25, 0.3) is 0 Å². The lowest BCUT2D eigenvalue weighted by Crippen LogP contribution is -2.14. The highest BCUT2D eigenvalue weighted by Gasteiger charge is 2.30. The Hall–Kier alpha value is -2.33. The number of thioether (sulfide) groups is 1. The standard InChI is InChI=1S/C17H10O3S/c18-16-10-3-1-2-4-11(5-10)17(19)15-7-13-9-20-8-12(13)6-14(16)21-15/h1-4,6-9H,5H2. The second-order valence-electron chi connectivity index (χ2n) is 5.01. The number of furan rings is 1. The highest BCUT2D eigenvalue weighted by atomic mass is 32.2. The number of ketones is 2. The fraction of sp³-hybridized carbons (Fsp3) is 0.0588. The van der Waals surface area contributed by atoms with Crippen LogP contribution in [0.4, 0.5) is 0 Å². The predicted octanol–water partition coefficient (Wildman–Crippen LogP) is 3.67. The van der Waals surface area contributed by atoms with Crippen LogP contribution in [0.2, 0.25) is 0 Å². The maximum Gasteiger partial charge on any atom is 0.196 e. The Morgan fingerprint density at radius 2 is 1.38 bits per heavy atom. The topological polar surface area (TPSA) is 47.3 Å². The summed E-state index contributed by atoms with van der Waals surface area (Å²) in [5.74, 6) is -0.0465. The van der Waals surface area contributed by atoms with E-state index in [0.29, 0.717) is 27.4 Å². The fourth-order valence-electron chi connectivity index (χ4n) is 2.53. The van der Waals surface area contributed by atoms with Crippen LogP contribution in [-0.4, -0.2) is 11.6 Å². The zero-order valence-electron chi connectivity index (χ0n) is 11.0.